The smallest absolute Gasteiger partial charge is 0.248 e. The van der Waals surface area contributed by atoms with Gasteiger partial charge in [0.05, 0.1) is 0 Å². The van der Waals surface area contributed by atoms with Crippen molar-refractivity contribution in [1.29, 1.82) is 0 Å². The number of ether oxygens (including phenoxy) is 1. The number of anilines is 1. The lowest BCUT2D eigenvalue weighted by Gasteiger charge is -2.06. The van der Waals surface area contributed by atoms with E-state index in [2.05, 4.69) is 10.3 Å². The van der Waals surface area contributed by atoms with E-state index in [4.69, 9.17) is 16.3 Å². The summed E-state index contributed by atoms with van der Waals surface area (Å²) in [7, 11) is 0. The number of hydrogen-bond donors (Lipinski definition) is 1. The number of hydrogen-bond acceptors (Lipinski definition) is 3. The van der Waals surface area contributed by atoms with Gasteiger partial charge in [0, 0.05) is 18.0 Å². The van der Waals surface area contributed by atoms with Gasteiger partial charge in [-0.2, -0.15) is 0 Å². The highest BCUT2D eigenvalue weighted by atomic mass is 35.5. The Hall–Kier alpha value is -3.11. The van der Waals surface area contributed by atoms with E-state index in [0.717, 1.165) is 16.9 Å². The van der Waals surface area contributed by atoms with E-state index < -0.39 is 0 Å². The minimum Gasteiger partial charge on any atom is -0.489 e. The summed E-state index contributed by atoms with van der Waals surface area (Å²) in [6.45, 7) is 0.521. The molecule has 0 radical (unpaired) electrons. The van der Waals surface area contributed by atoms with Gasteiger partial charge in [-0.05, 0) is 41.5 Å². The maximum atomic E-state index is 11.9. The van der Waals surface area contributed by atoms with E-state index in [-0.39, 0.29) is 5.91 Å². The summed E-state index contributed by atoms with van der Waals surface area (Å²) in [6.07, 6.45) is 4.74. The summed E-state index contributed by atoms with van der Waals surface area (Å²) in [4.78, 5) is 15.8. The molecule has 26 heavy (non-hydrogen) atoms. The number of carbonyl (C=O) groups is 1. The first kappa shape index (κ1) is 17.7. The third-order valence-corrected chi connectivity index (χ3v) is 3.76. The van der Waals surface area contributed by atoms with Gasteiger partial charge in [0.25, 0.3) is 0 Å². The van der Waals surface area contributed by atoms with Gasteiger partial charge in [-0.25, -0.2) is 4.98 Å². The predicted molar refractivity (Wildman–Crippen MR) is 104 cm³/mol. The molecule has 0 aliphatic carbocycles. The van der Waals surface area contributed by atoms with Crippen molar-refractivity contribution in [3.63, 3.8) is 0 Å². The van der Waals surface area contributed by atoms with Crippen molar-refractivity contribution < 1.29 is 9.53 Å². The fraction of sp³-hybridized carbons (Fsp3) is 0.0476. The second-order valence-corrected chi connectivity index (χ2v) is 5.92. The van der Waals surface area contributed by atoms with E-state index >= 15 is 0 Å². The lowest BCUT2D eigenvalue weighted by molar-refractivity contribution is -0.111. The SMILES string of the molecule is O=C(/C=C/c1ccc(OCc2ccccc2)cc1)Nc1ccnc(Cl)c1. The quantitative estimate of drug-likeness (QED) is 0.496. The van der Waals surface area contributed by atoms with Crippen LogP contribution >= 0.6 is 11.6 Å². The third kappa shape index (κ3) is 5.46. The number of pyridine rings is 1. The summed E-state index contributed by atoms with van der Waals surface area (Å²) in [5.41, 5.74) is 2.62. The molecule has 0 bridgehead atoms. The summed E-state index contributed by atoms with van der Waals surface area (Å²) < 4.78 is 5.74. The van der Waals surface area contributed by atoms with Crippen molar-refractivity contribution in [2.24, 2.45) is 0 Å². The maximum Gasteiger partial charge on any atom is 0.248 e. The van der Waals surface area contributed by atoms with Gasteiger partial charge in [-0.1, -0.05) is 54.1 Å². The fourth-order valence-corrected chi connectivity index (χ4v) is 2.43. The van der Waals surface area contributed by atoms with Crippen LogP contribution in [0.3, 0.4) is 0 Å². The second-order valence-electron chi connectivity index (χ2n) is 5.53. The lowest BCUT2D eigenvalue weighted by Crippen LogP contribution is -2.07. The predicted octanol–water partition coefficient (Wildman–Crippen LogP) is 4.97. The molecule has 0 spiro atoms. The monoisotopic (exact) mass is 364 g/mol. The standard InChI is InChI=1S/C21H17ClN2O2/c22-20-14-18(12-13-23-20)24-21(25)11-8-16-6-9-19(10-7-16)26-15-17-4-2-1-3-5-17/h1-14H,15H2,(H,23,24,25)/b11-8+. The second kappa shape index (κ2) is 8.83. The molecular formula is C21H17ClN2O2. The van der Waals surface area contributed by atoms with Crippen LogP contribution < -0.4 is 10.1 Å². The van der Waals surface area contributed by atoms with Crippen molar-refractivity contribution in [3.8, 4) is 5.75 Å². The Morgan fingerprint density at radius 1 is 1.08 bits per heavy atom. The normalized spacial score (nSPS) is 10.7. The number of rotatable bonds is 6. The first-order chi connectivity index (χ1) is 12.7. The third-order valence-electron chi connectivity index (χ3n) is 3.55. The van der Waals surface area contributed by atoms with Crippen molar-refractivity contribution in [2.75, 3.05) is 5.32 Å². The number of carbonyl (C=O) groups excluding carboxylic acids is 1. The summed E-state index contributed by atoms with van der Waals surface area (Å²) in [6, 6.07) is 20.8. The van der Waals surface area contributed by atoms with E-state index in [1.54, 1.807) is 18.2 Å². The Balaban J connectivity index is 1.53. The summed E-state index contributed by atoms with van der Waals surface area (Å²) in [5.74, 6) is 0.540. The van der Waals surface area contributed by atoms with Gasteiger partial charge < -0.3 is 10.1 Å². The number of amides is 1. The number of nitrogens with zero attached hydrogens (tertiary/aromatic N) is 1. The van der Waals surface area contributed by atoms with Crippen LogP contribution in [0.25, 0.3) is 6.08 Å². The van der Waals surface area contributed by atoms with Crippen LogP contribution in [0.2, 0.25) is 5.15 Å². The highest BCUT2D eigenvalue weighted by molar-refractivity contribution is 6.29. The molecule has 1 heterocycles. The van der Waals surface area contributed by atoms with Gasteiger partial charge in [0.1, 0.15) is 17.5 Å². The molecule has 4 nitrogen and oxygen atoms in total. The van der Waals surface area contributed by atoms with Crippen LogP contribution in [0, 0.1) is 0 Å². The molecule has 1 N–H and O–H groups in total. The Morgan fingerprint density at radius 3 is 2.58 bits per heavy atom. The van der Waals surface area contributed by atoms with Crippen LogP contribution in [0.4, 0.5) is 5.69 Å². The van der Waals surface area contributed by atoms with E-state index in [9.17, 15) is 4.79 Å². The zero-order chi connectivity index (χ0) is 18.2. The Morgan fingerprint density at radius 2 is 1.85 bits per heavy atom. The molecule has 1 amide bonds. The van der Waals surface area contributed by atoms with Crippen LogP contribution in [-0.2, 0) is 11.4 Å². The molecule has 2 aromatic carbocycles. The van der Waals surface area contributed by atoms with Gasteiger partial charge in [-0.15, -0.1) is 0 Å². The molecule has 3 aromatic rings. The van der Waals surface area contributed by atoms with Crippen molar-refractivity contribution in [3.05, 3.63) is 95.3 Å². The lowest BCUT2D eigenvalue weighted by atomic mass is 10.2. The molecule has 130 valence electrons. The number of halogens is 1. The van der Waals surface area contributed by atoms with Gasteiger partial charge in [0.2, 0.25) is 5.91 Å². The van der Waals surface area contributed by atoms with Gasteiger partial charge >= 0.3 is 0 Å². The van der Waals surface area contributed by atoms with Crippen LogP contribution in [0.5, 0.6) is 5.75 Å². The maximum absolute atomic E-state index is 11.9. The Kier molecular flexibility index (Phi) is 6.01. The van der Waals surface area contributed by atoms with Crippen LogP contribution in [0.1, 0.15) is 11.1 Å². The van der Waals surface area contributed by atoms with E-state index in [1.165, 1.54) is 12.3 Å². The molecule has 3 rings (SSSR count). The molecule has 0 aliphatic rings. The van der Waals surface area contributed by atoms with E-state index in [1.807, 2.05) is 54.6 Å². The number of nitrogens with one attached hydrogen (secondary N) is 1. The molecule has 5 heteroatoms. The van der Waals surface area contributed by atoms with Gasteiger partial charge in [0.15, 0.2) is 0 Å². The molecular weight excluding hydrogens is 348 g/mol. The minimum absolute atomic E-state index is 0.239. The Bertz CT molecular complexity index is 893. The molecule has 1 aromatic heterocycles. The van der Waals surface area contributed by atoms with Crippen molar-refractivity contribution in [2.45, 2.75) is 6.61 Å². The highest BCUT2D eigenvalue weighted by Crippen LogP contribution is 2.16. The first-order valence-corrected chi connectivity index (χ1v) is 8.44. The highest BCUT2D eigenvalue weighted by Gasteiger charge is 2.00. The molecule has 0 saturated heterocycles. The molecule has 0 atom stereocenters. The summed E-state index contributed by atoms with van der Waals surface area (Å²) in [5, 5.41) is 3.06. The zero-order valence-corrected chi connectivity index (χ0v) is 14.7. The average molecular weight is 365 g/mol. The summed E-state index contributed by atoms with van der Waals surface area (Å²) >= 11 is 5.79. The molecule has 0 saturated carbocycles. The first-order valence-electron chi connectivity index (χ1n) is 8.06. The largest absolute Gasteiger partial charge is 0.489 e. The Labute approximate surface area is 157 Å². The zero-order valence-electron chi connectivity index (χ0n) is 13.9. The molecule has 0 fully saturated rings. The topological polar surface area (TPSA) is 51.2 Å². The molecule has 0 unspecified atom stereocenters. The molecule has 0 aliphatic heterocycles. The van der Waals surface area contributed by atoms with Crippen LogP contribution in [0.15, 0.2) is 79.0 Å². The minimum atomic E-state index is -0.239. The van der Waals surface area contributed by atoms with E-state index in [0.29, 0.717) is 17.4 Å². The number of benzene rings is 2. The van der Waals surface area contributed by atoms with Crippen molar-refractivity contribution in [1.82, 2.24) is 4.98 Å². The number of aromatic nitrogens is 1. The fourth-order valence-electron chi connectivity index (χ4n) is 2.25. The van der Waals surface area contributed by atoms with Gasteiger partial charge in [-0.3, -0.25) is 4.79 Å². The van der Waals surface area contributed by atoms with Crippen molar-refractivity contribution >= 4 is 29.3 Å². The average Bonchev–Trinajstić information content (AvgIpc) is 2.66. The van der Waals surface area contributed by atoms with Crippen LogP contribution in [-0.4, -0.2) is 10.9 Å².